The van der Waals surface area contributed by atoms with E-state index in [0.29, 0.717) is 17.9 Å². The molecular formula is C16H17NO5S2. The molecule has 2 aromatic rings. The van der Waals surface area contributed by atoms with Gasteiger partial charge in [-0.15, -0.1) is 0 Å². The third-order valence-corrected chi connectivity index (χ3v) is 5.98. The number of carboxylic acids is 1. The van der Waals surface area contributed by atoms with Crippen LogP contribution in [0.1, 0.15) is 30.0 Å². The van der Waals surface area contributed by atoms with Gasteiger partial charge in [-0.2, -0.15) is 11.3 Å². The quantitative estimate of drug-likeness (QED) is 0.819. The minimum Gasteiger partial charge on any atom is -0.493 e. The molecule has 8 heteroatoms. The van der Waals surface area contributed by atoms with Crippen LogP contribution in [0, 0.1) is 0 Å². The van der Waals surface area contributed by atoms with Gasteiger partial charge in [-0.05, 0) is 59.0 Å². The van der Waals surface area contributed by atoms with Gasteiger partial charge in [0.05, 0.1) is 24.0 Å². The van der Waals surface area contributed by atoms with Crippen molar-refractivity contribution >= 4 is 27.3 Å². The lowest BCUT2D eigenvalue weighted by atomic mass is 10.1. The predicted molar refractivity (Wildman–Crippen MR) is 89.9 cm³/mol. The number of carbonyl (C=O) groups is 1. The molecule has 1 atom stereocenters. The van der Waals surface area contributed by atoms with Crippen LogP contribution in [0.5, 0.6) is 5.75 Å². The second-order valence-electron chi connectivity index (χ2n) is 5.55. The fourth-order valence-corrected chi connectivity index (χ4v) is 4.62. The van der Waals surface area contributed by atoms with Crippen LogP contribution >= 0.6 is 11.3 Å². The summed E-state index contributed by atoms with van der Waals surface area (Å²) in [5, 5.41) is 12.6. The second kappa shape index (κ2) is 6.92. The van der Waals surface area contributed by atoms with Crippen molar-refractivity contribution in [3.8, 4) is 5.75 Å². The predicted octanol–water partition coefficient (Wildman–Crippen LogP) is 2.57. The Labute approximate surface area is 144 Å². The number of rotatable bonds is 6. The number of aliphatic carboxylic acids is 1. The molecule has 24 heavy (non-hydrogen) atoms. The van der Waals surface area contributed by atoms with Gasteiger partial charge in [0.25, 0.3) is 0 Å². The fourth-order valence-electron chi connectivity index (χ4n) is 2.63. The first-order valence-corrected chi connectivity index (χ1v) is 9.90. The van der Waals surface area contributed by atoms with Crippen molar-refractivity contribution < 1.29 is 23.1 Å². The van der Waals surface area contributed by atoms with Gasteiger partial charge in [0.15, 0.2) is 0 Å². The molecule has 0 aliphatic carbocycles. The van der Waals surface area contributed by atoms with Crippen LogP contribution in [0.3, 0.4) is 0 Å². The van der Waals surface area contributed by atoms with Crippen molar-refractivity contribution in [3.05, 3.63) is 46.2 Å². The molecular weight excluding hydrogens is 350 g/mol. The molecule has 2 N–H and O–H groups in total. The first-order valence-electron chi connectivity index (χ1n) is 7.47. The molecule has 0 saturated carbocycles. The van der Waals surface area contributed by atoms with E-state index in [0.717, 1.165) is 18.4 Å². The Kier molecular flexibility index (Phi) is 4.88. The third kappa shape index (κ3) is 3.77. The average Bonchev–Trinajstić information content (AvgIpc) is 3.07. The van der Waals surface area contributed by atoms with E-state index in [9.17, 15) is 13.2 Å². The van der Waals surface area contributed by atoms with Crippen LogP contribution in [-0.2, 0) is 21.2 Å². The number of aryl methyl sites for hydroxylation is 1. The maximum Gasteiger partial charge on any atom is 0.305 e. The zero-order chi connectivity index (χ0) is 17.2. The smallest absolute Gasteiger partial charge is 0.305 e. The first-order chi connectivity index (χ1) is 11.5. The monoisotopic (exact) mass is 367 g/mol. The molecule has 1 aromatic carbocycles. The number of hydrogen-bond acceptors (Lipinski definition) is 5. The maximum absolute atomic E-state index is 12.7. The van der Waals surface area contributed by atoms with Crippen LogP contribution < -0.4 is 9.46 Å². The number of thiophene rings is 1. The van der Waals surface area contributed by atoms with Gasteiger partial charge < -0.3 is 9.84 Å². The Morgan fingerprint density at radius 2 is 2.21 bits per heavy atom. The molecule has 128 valence electrons. The molecule has 1 aliphatic heterocycles. The van der Waals surface area contributed by atoms with Crippen molar-refractivity contribution in [2.24, 2.45) is 0 Å². The SMILES string of the molecule is O=C(O)CC(NS(=O)(=O)c1ccc2c(c1)CCCO2)c1ccsc1. The molecule has 0 saturated heterocycles. The molecule has 0 spiro atoms. The molecule has 6 nitrogen and oxygen atoms in total. The zero-order valence-electron chi connectivity index (χ0n) is 12.8. The van der Waals surface area contributed by atoms with E-state index in [-0.39, 0.29) is 11.3 Å². The van der Waals surface area contributed by atoms with E-state index in [1.807, 2.05) is 0 Å². The summed E-state index contributed by atoms with van der Waals surface area (Å²) in [7, 11) is -3.83. The summed E-state index contributed by atoms with van der Waals surface area (Å²) < 4.78 is 33.3. The number of ether oxygens (including phenoxy) is 1. The summed E-state index contributed by atoms with van der Waals surface area (Å²) in [5.74, 6) is -0.354. The van der Waals surface area contributed by atoms with Crippen molar-refractivity contribution in [2.75, 3.05) is 6.61 Å². The number of hydrogen-bond donors (Lipinski definition) is 2. The Hall–Kier alpha value is -1.90. The van der Waals surface area contributed by atoms with Crippen molar-refractivity contribution in [2.45, 2.75) is 30.2 Å². The maximum atomic E-state index is 12.7. The summed E-state index contributed by atoms with van der Waals surface area (Å²) in [5.41, 5.74) is 1.50. The highest BCUT2D eigenvalue weighted by Gasteiger charge is 2.25. The highest BCUT2D eigenvalue weighted by atomic mass is 32.2. The van der Waals surface area contributed by atoms with E-state index >= 15 is 0 Å². The number of carboxylic acid groups (broad SMARTS) is 1. The van der Waals surface area contributed by atoms with Gasteiger partial charge in [-0.3, -0.25) is 4.79 Å². The van der Waals surface area contributed by atoms with Gasteiger partial charge in [0.2, 0.25) is 10.0 Å². The van der Waals surface area contributed by atoms with E-state index in [2.05, 4.69) is 4.72 Å². The second-order valence-corrected chi connectivity index (χ2v) is 8.04. The number of benzene rings is 1. The zero-order valence-corrected chi connectivity index (χ0v) is 14.4. The van der Waals surface area contributed by atoms with E-state index < -0.39 is 22.0 Å². The Bertz CT molecular complexity index is 830. The summed E-state index contributed by atoms with van der Waals surface area (Å²) >= 11 is 1.39. The topological polar surface area (TPSA) is 92.7 Å². The van der Waals surface area contributed by atoms with Gasteiger partial charge in [-0.1, -0.05) is 0 Å². The van der Waals surface area contributed by atoms with Crippen LogP contribution in [0.2, 0.25) is 0 Å². The molecule has 0 radical (unpaired) electrons. The Morgan fingerprint density at radius 1 is 1.38 bits per heavy atom. The highest BCUT2D eigenvalue weighted by Crippen LogP contribution is 2.28. The molecule has 1 unspecified atom stereocenters. The van der Waals surface area contributed by atoms with Crippen LogP contribution in [0.4, 0.5) is 0 Å². The Morgan fingerprint density at radius 3 is 2.92 bits per heavy atom. The molecule has 0 bridgehead atoms. The molecule has 1 aromatic heterocycles. The third-order valence-electron chi connectivity index (χ3n) is 3.81. The van der Waals surface area contributed by atoms with Crippen molar-refractivity contribution in [3.63, 3.8) is 0 Å². The summed E-state index contributed by atoms with van der Waals surface area (Å²) in [6.07, 6.45) is 1.30. The van der Waals surface area contributed by atoms with E-state index in [1.165, 1.54) is 17.4 Å². The van der Waals surface area contributed by atoms with Crippen LogP contribution in [-0.4, -0.2) is 26.1 Å². The standard InChI is InChI=1S/C16H17NO5S2/c18-16(19)9-14(12-5-7-23-10-12)17-24(20,21)13-3-4-15-11(8-13)2-1-6-22-15/h3-5,7-8,10,14,17H,1-2,6,9H2,(H,18,19). The molecule has 0 amide bonds. The fraction of sp³-hybridized carbons (Fsp3) is 0.312. The largest absolute Gasteiger partial charge is 0.493 e. The molecule has 0 fully saturated rings. The van der Waals surface area contributed by atoms with Gasteiger partial charge >= 0.3 is 5.97 Å². The Balaban J connectivity index is 1.87. The van der Waals surface area contributed by atoms with Crippen molar-refractivity contribution in [1.82, 2.24) is 4.72 Å². The lowest BCUT2D eigenvalue weighted by Gasteiger charge is -2.19. The minimum atomic E-state index is -3.83. The van der Waals surface area contributed by atoms with Gasteiger partial charge in [0, 0.05) is 0 Å². The average molecular weight is 367 g/mol. The van der Waals surface area contributed by atoms with E-state index in [4.69, 9.17) is 9.84 Å². The first kappa shape index (κ1) is 16.9. The van der Waals surface area contributed by atoms with Gasteiger partial charge in [0.1, 0.15) is 5.75 Å². The number of nitrogens with one attached hydrogen (secondary N) is 1. The lowest BCUT2D eigenvalue weighted by Crippen LogP contribution is -2.30. The summed E-state index contributed by atoms with van der Waals surface area (Å²) in [6, 6.07) is 5.66. The summed E-state index contributed by atoms with van der Waals surface area (Å²) in [6.45, 7) is 0.635. The highest BCUT2D eigenvalue weighted by molar-refractivity contribution is 7.89. The van der Waals surface area contributed by atoms with Gasteiger partial charge in [-0.25, -0.2) is 13.1 Å². The van der Waals surface area contributed by atoms with E-state index in [1.54, 1.807) is 29.0 Å². The molecule has 2 heterocycles. The summed E-state index contributed by atoms with van der Waals surface area (Å²) in [4.78, 5) is 11.2. The number of sulfonamides is 1. The molecule has 3 rings (SSSR count). The number of fused-ring (bicyclic) bond motifs is 1. The van der Waals surface area contributed by atoms with Crippen LogP contribution in [0.25, 0.3) is 0 Å². The van der Waals surface area contributed by atoms with Crippen molar-refractivity contribution in [1.29, 1.82) is 0 Å². The normalized spacial score (nSPS) is 15.3. The lowest BCUT2D eigenvalue weighted by molar-refractivity contribution is -0.137. The van der Waals surface area contributed by atoms with Crippen LogP contribution in [0.15, 0.2) is 39.9 Å². The molecule has 1 aliphatic rings. The minimum absolute atomic E-state index is 0.123.